The van der Waals surface area contributed by atoms with E-state index in [1.54, 1.807) is 0 Å². The van der Waals surface area contributed by atoms with Crippen LogP contribution < -0.4 is 11.3 Å². The van der Waals surface area contributed by atoms with Gasteiger partial charge >= 0.3 is 0 Å². The van der Waals surface area contributed by atoms with Crippen molar-refractivity contribution in [3.05, 3.63) is 0 Å². The molecule has 1 unspecified atom stereocenters. The highest BCUT2D eigenvalue weighted by Gasteiger charge is 2.26. The van der Waals surface area contributed by atoms with Crippen molar-refractivity contribution in [2.45, 2.75) is 33.7 Å². The van der Waals surface area contributed by atoms with Crippen LogP contribution in [0.15, 0.2) is 0 Å². The molecule has 1 atom stereocenters. The van der Waals surface area contributed by atoms with Crippen LogP contribution in [0, 0.1) is 5.92 Å². The van der Waals surface area contributed by atoms with Crippen molar-refractivity contribution in [3.63, 3.8) is 0 Å². The molecule has 0 aliphatic rings. The summed E-state index contributed by atoms with van der Waals surface area (Å²) in [4.78, 5) is 13.5. The molecule has 0 saturated carbocycles. The van der Waals surface area contributed by atoms with E-state index in [9.17, 15) is 4.79 Å². The van der Waals surface area contributed by atoms with Gasteiger partial charge in [0, 0.05) is 0 Å². The molecule has 0 aliphatic carbocycles. The predicted octanol–water partition coefficient (Wildman–Crippen LogP) is 0.343. The third kappa shape index (κ3) is 3.32. The summed E-state index contributed by atoms with van der Waals surface area (Å²) in [6.07, 6.45) is 0. The molecule has 0 aliphatic heterocycles. The van der Waals surface area contributed by atoms with Gasteiger partial charge in [0.25, 0.3) is 5.91 Å². The van der Waals surface area contributed by atoms with E-state index in [4.69, 9.17) is 5.84 Å². The van der Waals surface area contributed by atoms with Crippen LogP contribution >= 0.6 is 0 Å². The van der Waals surface area contributed by atoms with E-state index in [1.165, 1.54) is 0 Å². The van der Waals surface area contributed by atoms with Gasteiger partial charge in [-0.05, 0) is 19.0 Å². The molecule has 0 fully saturated rings. The fourth-order valence-corrected chi connectivity index (χ4v) is 1.59. The first-order chi connectivity index (χ1) is 6.08. The average molecular weight is 187 g/mol. The minimum atomic E-state index is -0.111. The minimum absolute atomic E-state index is 0.0984. The smallest absolute Gasteiger partial charge is 0.251 e. The number of likely N-dealkylation sites (N-methyl/N-ethyl adjacent to an activating group) is 1. The molecule has 0 saturated heterocycles. The lowest BCUT2D eigenvalue weighted by Crippen LogP contribution is -2.51. The van der Waals surface area contributed by atoms with E-state index in [0.717, 1.165) is 13.1 Å². The Morgan fingerprint density at radius 2 is 1.85 bits per heavy atom. The monoisotopic (exact) mass is 187 g/mol. The van der Waals surface area contributed by atoms with E-state index in [2.05, 4.69) is 10.3 Å². The molecular formula is C9H21N3O. The molecule has 13 heavy (non-hydrogen) atoms. The average Bonchev–Trinajstić information content (AvgIpc) is 2.12. The molecule has 0 spiro atoms. The molecule has 0 bridgehead atoms. The van der Waals surface area contributed by atoms with Crippen LogP contribution in [0.3, 0.4) is 0 Å². The number of amides is 1. The molecule has 0 rings (SSSR count). The first-order valence-corrected chi connectivity index (χ1v) is 4.82. The normalized spacial score (nSPS) is 13.5. The number of nitrogens with one attached hydrogen (secondary N) is 1. The Balaban J connectivity index is 4.47. The fourth-order valence-electron chi connectivity index (χ4n) is 1.59. The van der Waals surface area contributed by atoms with Gasteiger partial charge in [0.2, 0.25) is 0 Å². The zero-order valence-corrected chi connectivity index (χ0v) is 9.00. The number of rotatable bonds is 5. The Kier molecular flexibility index (Phi) is 5.66. The zero-order valence-electron chi connectivity index (χ0n) is 9.00. The van der Waals surface area contributed by atoms with E-state index < -0.39 is 0 Å². The van der Waals surface area contributed by atoms with Crippen molar-refractivity contribution >= 4 is 5.91 Å². The van der Waals surface area contributed by atoms with Crippen LogP contribution in [0.2, 0.25) is 0 Å². The molecule has 1 amide bonds. The number of carbonyl (C=O) groups is 1. The van der Waals surface area contributed by atoms with Gasteiger partial charge in [-0.15, -0.1) is 0 Å². The van der Waals surface area contributed by atoms with Crippen LogP contribution in [-0.2, 0) is 4.79 Å². The maximum atomic E-state index is 11.4. The third-order valence-corrected chi connectivity index (χ3v) is 2.25. The Labute approximate surface area is 80.4 Å². The lowest BCUT2D eigenvalue weighted by Gasteiger charge is -2.30. The molecular weight excluding hydrogens is 166 g/mol. The van der Waals surface area contributed by atoms with Crippen molar-refractivity contribution in [2.24, 2.45) is 11.8 Å². The molecule has 4 heteroatoms. The third-order valence-electron chi connectivity index (χ3n) is 2.25. The molecule has 0 heterocycles. The van der Waals surface area contributed by atoms with Crippen molar-refractivity contribution < 1.29 is 4.79 Å². The molecule has 3 N–H and O–H groups in total. The Bertz CT molecular complexity index is 155. The molecule has 4 nitrogen and oxygen atoms in total. The van der Waals surface area contributed by atoms with Gasteiger partial charge < -0.3 is 0 Å². The van der Waals surface area contributed by atoms with E-state index in [0.29, 0.717) is 0 Å². The first kappa shape index (κ1) is 12.4. The minimum Gasteiger partial charge on any atom is -0.293 e. The second-order valence-electron chi connectivity index (χ2n) is 3.42. The molecule has 0 aromatic heterocycles. The summed E-state index contributed by atoms with van der Waals surface area (Å²) in [7, 11) is 0. The van der Waals surface area contributed by atoms with E-state index in [1.807, 2.05) is 27.7 Å². The van der Waals surface area contributed by atoms with Crippen molar-refractivity contribution in [3.8, 4) is 0 Å². The summed E-state index contributed by atoms with van der Waals surface area (Å²) in [5.74, 6) is 5.31. The Morgan fingerprint density at radius 1 is 1.38 bits per heavy atom. The highest BCUT2D eigenvalue weighted by atomic mass is 16.2. The summed E-state index contributed by atoms with van der Waals surface area (Å²) in [6.45, 7) is 9.88. The standard InChI is InChI=1S/C9H21N3O/c1-5-12(6-2)8(7(3)4)9(13)11-10/h7-8H,5-6,10H2,1-4H3,(H,11,13). The number of carbonyl (C=O) groups excluding carboxylic acids is 1. The van der Waals surface area contributed by atoms with E-state index >= 15 is 0 Å². The van der Waals surface area contributed by atoms with Crippen LogP contribution in [-0.4, -0.2) is 29.9 Å². The van der Waals surface area contributed by atoms with Gasteiger partial charge in [-0.2, -0.15) is 0 Å². The van der Waals surface area contributed by atoms with Crippen LogP contribution in [0.5, 0.6) is 0 Å². The SMILES string of the molecule is CCN(CC)C(C(=O)NN)C(C)C. The maximum Gasteiger partial charge on any atom is 0.251 e. The summed E-state index contributed by atoms with van der Waals surface area (Å²) < 4.78 is 0. The van der Waals surface area contributed by atoms with Crippen molar-refractivity contribution in [1.29, 1.82) is 0 Å². The lowest BCUT2D eigenvalue weighted by molar-refractivity contribution is -0.128. The van der Waals surface area contributed by atoms with Gasteiger partial charge in [-0.1, -0.05) is 27.7 Å². The van der Waals surface area contributed by atoms with Crippen molar-refractivity contribution in [1.82, 2.24) is 10.3 Å². The summed E-state index contributed by atoms with van der Waals surface area (Å²) >= 11 is 0. The molecule has 0 aromatic rings. The summed E-state index contributed by atoms with van der Waals surface area (Å²) in [6, 6.07) is -0.111. The second kappa shape index (κ2) is 5.94. The van der Waals surface area contributed by atoms with Gasteiger partial charge in [0.1, 0.15) is 0 Å². The van der Waals surface area contributed by atoms with Crippen LogP contribution in [0.1, 0.15) is 27.7 Å². The van der Waals surface area contributed by atoms with Crippen LogP contribution in [0.4, 0.5) is 0 Å². The van der Waals surface area contributed by atoms with Gasteiger partial charge in [-0.3, -0.25) is 15.1 Å². The van der Waals surface area contributed by atoms with Crippen LogP contribution in [0.25, 0.3) is 0 Å². The largest absolute Gasteiger partial charge is 0.293 e. The number of hydrogen-bond donors (Lipinski definition) is 2. The molecule has 78 valence electrons. The quantitative estimate of drug-likeness (QED) is 0.371. The Morgan fingerprint density at radius 3 is 2.08 bits per heavy atom. The number of nitrogens with zero attached hydrogens (tertiary/aromatic N) is 1. The second-order valence-corrected chi connectivity index (χ2v) is 3.42. The first-order valence-electron chi connectivity index (χ1n) is 4.82. The van der Waals surface area contributed by atoms with Gasteiger partial charge in [-0.25, -0.2) is 5.84 Å². The van der Waals surface area contributed by atoms with E-state index in [-0.39, 0.29) is 17.9 Å². The summed E-state index contributed by atoms with van der Waals surface area (Å²) in [5.41, 5.74) is 2.21. The molecule has 0 aromatic carbocycles. The highest BCUT2D eigenvalue weighted by Crippen LogP contribution is 2.10. The predicted molar refractivity (Wildman–Crippen MR) is 53.9 cm³/mol. The van der Waals surface area contributed by atoms with Gasteiger partial charge in [0.05, 0.1) is 6.04 Å². The zero-order chi connectivity index (χ0) is 10.4. The number of nitrogens with two attached hydrogens (primary N) is 1. The lowest BCUT2D eigenvalue weighted by atomic mass is 10.0. The summed E-state index contributed by atoms with van der Waals surface area (Å²) in [5, 5.41) is 0. The fraction of sp³-hybridized carbons (Fsp3) is 0.889. The number of hydrazine groups is 1. The Hall–Kier alpha value is -0.610. The van der Waals surface area contributed by atoms with Gasteiger partial charge in [0.15, 0.2) is 0 Å². The maximum absolute atomic E-state index is 11.4. The number of hydrogen-bond acceptors (Lipinski definition) is 3. The van der Waals surface area contributed by atoms with Crippen molar-refractivity contribution in [2.75, 3.05) is 13.1 Å². The topological polar surface area (TPSA) is 58.4 Å². The molecule has 0 radical (unpaired) electrons. The highest BCUT2D eigenvalue weighted by molar-refractivity contribution is 5.81.